The Morgan fingerprint density at radius 1 is 1.67 bits per heavy atom. The summed E-state index contributed by atoms with van der Waals surface area (Å²) in [6.07, 6.45) is 0.508. The van der Waals surface area contributed by atoms with E-state index in [-0.39, 0.29) is 6.42 Å². The second-order valence-corrected chi connectivity index (χ2v) is 3.27. The summed E-state index contributed by atoms with van der Waals surface area (Å²) < 4.78 is 29.7. The average molecular weight is 153 g/mol. The Labute approximate surface area is 54.3 Å². The summed E-state index contributed by atoms with van der Waals surface area (Å²) in [6, 6.07) is 0. The van der Waals surface area contributed by atoms with Gasteiger partial charge in [0.25, 0.3) is 0 Å². The first-order valence-electron chi connectivity index (χ1n) is 2.61. The van der Waals surface area contributed by atoms with Crippen LogP contribution in [0.3, 0.4) is 0 Å². The SMILES string of the molecule is CCCC(O)S(=O)(=O)[O-]. The molecule has 0 heterocycles. The first kappa shape index (κ1) is 8.87. The highest BCUT2D eigenvalue weighted by Crippen LogP contribution is 2.01. The fourth-order valence-corrected chi connectivity index (χ4v) is 0.916. The van der Waals surface area contributed by atoms with Crippen LogP contribution in [0.25, 0.3) is 0 Å². The molecule has 0 aromatic heterocycles. The van der Waals surface area contributed by atoms with Gasteiger partial charge in [0.1, 0.15) is 15.6 Å². The van der Waals surface area contributed by atoms with Crippen LogP contribution >= 0.6 is 0 Å². The maximum atomic E-state index is 9.92. The minimum absolute atomic E-state index is 0.0197. The molecule has 0 aromatic rings. The van der Waals surface area contributed by atoms with Gasteiger partial charge < -0.3 is 9.66 Å². The Kier molecular flexibility index (Phi) is 3.10. The Morgan fingerprint density at radius 2 is 2.11 bits per heavy atom. The molecule has 9 heavy (non-hydrogen) atoms. The van der Waals surface area contributed by atoms with E-state index in [0.717, 1.165) is 0 Å². The third-order valence-corrected chi connectivity index (χ3v) is 1.77. The van der Waals surface area contributed by atoms with Gasteiger partial charge in [0, 0.05) is 0 Å². The van der Waals surface area contributed by atoms with Gasteiger partial charge in [-0.3, -0.25) is 0 Å². The normalized spacial score (nSPS) is 15.4. The van der Waals surface area contributed by atoms with E-state index in [1.807, 2.05) is 0 Å². The highest BCUT2D eigenvalue weighted by Gasteiger charge is 2.08. The van der Waals surface area contributed by atoms with E-state index in [2.05, 4.69) is 0 Å². The van der Waals surface area contributed by atoms with E-state index in [1.54, 1.807) is 6.92 Å². The topological polar surface area (TPSA) is 77.4 Å². The maximum absolute atomic E-state index is 9.92. The summed E-state index contributed by atoms with van der Waals surface area (Å²) in [5.74, 6) is 0. The molecule has 0 fully saturated rings. The van der Waals surface area contributed by atoms with Crippen molar-refractivity contribution in [2.24, 2.45) is 0 Å². The van der Waals surface area contributed by atoms with E-state index >= 15 is 0 Å². The van der Waals surface area contributed by atoms with Crippen molar-refractivity contribution in [3.05, 3.63) is 0 Å². The molecule has 1 N–H and O–H groups in total. The molecule has 0 radical (unpaired) electrons. The van der Waals surface area contributed by atoms with Gasteiger partial charge in [0.05, 0.1) is 0 Å². The second-order valence-electron chi connectivity index (χ2n) is 1.74. The Bertz CT molecular complexity index is 159. The van der Waals surface area contributed by atoms with Gasteiger partial charge in [-0.25, -0.2) is 8.42 Å². The molecule has 0 rings (SSSR count). The molecule has 56 valence electrons. The molecular formula is C4H9O4S-. The van der Waals surface area contributed by atoms with Crippen molar-refractivity contribution >= 4 is 10.1 Å². The van der Waals surface area contributed by atoms with Gasteiger partial charge in [-0.15, -0.1) is 0 Å². The quantitative estimate of drug-likeness (QED) is 0.562. The van der Waals surface area contributed by atoms with Crippen molar-refractivity contribution in [1.29, 1.82) is 0 Å². The lowest BCUT2D eigenvalue weighted by Crippen LogP contribution is -2.19. The lowest BCUT2D eigenvalue weighted by atomic mass is 10.4. The van der Waals surface area contributed by atoms with Crippen molar-refractivity contribution < 1.29 is 18.1 Å². The number of hydrogen-bond acceptors (Lipinski definition) is 4. The summed E-state index contributed by atoms with van der Waals surface area (Å²) >= 11 is 0. The van der Waals surface area contributed by atoms with E-state index in [0.29, 0.717) is 6.42 Å². The molecule has 0 spiro atoms. The molecule has 0 aromatic carbocycles. The monoisotopic (exact) mass is 153 g/mol. The Morgan fingerprint density at radius 3 is 2.22 bits per heavy atom. The smallest absolute Gasteiger partial charge is 0.143 e. The summed E-state index contributed by atoms with van der Waals surface area (Å²) in [4.78, 5) is 0. The summed E-state index contributed by atoms with van der Waals surface area (Å²) in [5, 5.41) is 8.49. The largest absolute Gasteiger partial charge is 0.746 e. The minimum Gasteiger partial charge on any atom is -0.746 e. The molecular weight excluding hydrogens is 144 g/mol. The predicted octanol–water partition coefficient (Wildman–Crippen LogP) is -0.350. The van der Waals surface area contributed by atoms with Crippen LogP contribution in [0.15, 0.2) is 0 Å². The molecule has 0 saturated carbocycles. The van der Waals surface area contributed by atoms with Crippen molar-refractivity contribution in [3.8, 4) is 0 Å². The first-order chi connectivity index (χ1) is 3.98. The van der Waals surface area contributed by atoms with E-state index in [1.165, 1.54) is 0 Å². The lowest BCUT2D eigenvalue weighted by molar-refractivity contribution is 0.220. The fourth-order valence-electron chi connectivity index (χ4n) is 0.391. The summed E-state index contributed by atoms with van der Waals surface area (Å²) in [5.41, 5.74) is -1.72. The molecule has 0 amide bonds. The zero-order valence-corrected chi connectivity index (χ0v) is 5.89. The Hall–Kier alpha value is -0.130. The van der Waals surface area contributed by atoms with Gasteiger partial charge in [-0.1, -0.05) is 13.3 Å². The van der Waals surface area contributed by atoms with E-state index in [9.17, 15) is 13.0 Å². The molecule has 0 aliphatic heterocycles. The van der Waals surface area contributed by atoms with Crippen molar-refractivity contribution in [3.63, 3.8) is 0 Å². The fraction of sp³-hybridized carbons (Fsp3) is 1.00. The van der Waals surface area contributed by atoms with Crippen LogP contribution in [0, 0.1) is 0 Å². The minimum atomic E-state index is -4.46. The van der Waals surface area contributed by atoms with Crippen molar-refractivity contribution in [1.82, 2.24) is 0 Å². The summed E-state index contributed by atoms with van der Waals surface area (Å²) in [7, 11) is -4.46. The number of aliphatic hydroxyl groups excluding tert-OH is 1. The zero-order chi connectivity index (χ0) is 7.49. The highest BCUT2D eigenvalue weighted by molar-refractivity contribution is 7.86. The van der Waals surface area contributed by atoms with Crippen LogP contribution in [0.1, 0.15) is 19.8 Å². The van der Waals surface area contributed by atoms with Gasteiger partial charge in [0.15, 0.2) is 0 Å². The third-order valence-electron chi connectivity index (χ3n) is 0.869. The number of hydrogen-bond donors (Lipinski definition) is 1. The van der Waals surface area contributed by atoms with Crippen LogP contribution in [-0.4, -0.2) is 23.5 Å². The third kappa shape index (κ3) is 3.45. The van der Waals surface area contributed by atoms with Gasteiger partial charge in [-0.2, -0.15) is 0 Å². The number of rotatable bonds is 3. The second kappa shape index (κ2) is 3.14. The molecule has 0 aliphatic carbocycles. The van der Waals surface area contributed by atoms with Crippen LogP contribution in [0.4, 0.5) is 0 Å². The highest BCUT2D eigenvalue weighted by atomic mass is 32.2. The molecule has 0 saturated heterocycles. The zero-order valence-electron chi connectivity index (χ0n) is 5.07. The molecule has 1 unspecified atom stereocenters. The molecule has 4 nitrogen and oxygen atoms in total. The van der Waals surface area contributed by atoms with Crippen LogP contribution in [0.5, 0.6) is 0 Å². The molecule has 5 heteroatoms. The lowest BCUT2D eigenvalue weighted by Gasteiger charge is -2.12. The van der Waals surface area contributed by atoms with Crippen LogP contribution in [-0.2, 0) is 10.1 Å². The molecule has 0 bridgehead atoms. The average Bonchev–Trinajstić information content (AvgIpc) is 1.64. The van der Waals surface area contributed by atoms with Crippen LogP contribution < -0.4 is 0 Å². The van der Waals surface area contributed by atoms with Crippen LogP contribution in [0.2, 0.25) is 0 Å². The van der Waals surface area contributed by atoms with Gasteiger partial charge in [-0.05, 0) is 6.42 Å². The molecule has 0 aliphatic rings. The number of aliphatic hydroxyl groups is 1. The van der Waals surface area contributed by atoms with E-state index < -0.39 is 15.6 Å². The maximum Gasteiger partial charge on any atom is 0.143 e. The first-order valence-corrected chi connectivity index (χ1v) is 4.08. The summed E-state index contributed by atoms with van der Waals surface area (Å²) in [6.45, 7) is 1.69. The standard InChI is InChI=1S/C4H10O4S/c1-2-3-4(5)9(6,7)8/h4-5H,2-3H2,1H3,(H,6,7,8)/p-1. The molecule has 1 atom stereocenters. The van der Waals surface area contributed by atoms with Gasteiger partial charge in [0.2, 0.25) is 0 Å². The van der Waals surface area contributed by atoms with Gasteiger partial charge >= 0.3 is 0 Å². The van der Waals surface area contributed by atoms with Crippen molar-refractivity contribution in [2.45, 2.75) is 25.2 Å². The Balaban J connectivity index is 3.90. The van der Waals surface area contributed by atoms with E-state index in [4.69, 9.17) is 5.11 Å². The predicted molar refractivity (Wildman–Crippen MR) is 30.6 cm³/mol. The van der Waals surface area contributed by atoms with Crippen molar-refractivity contribution in [2.75, 3.05) is 0 Å².